The zero-order valence-corrected chi connectivity index (χ0v) is 22.1. The van der Waals surface area contributed by atoms with Crippen LogP contribution in [0.3, 0.4) is 0 Å². The van der Waals surface area contributed by atoms with Gasteiger partial charge in [-0.3, -0.25) is 4.90 Å². The molecule has 0 fully saturated rings. The number of fused-ring (bicyclic) bond motifs is 1. The van der Waals surface area contributed by atoms with Crippen molar-refractivity contribution in [3.8, 4) is 23.0 Å². The quantitative estimate of drug-likeness (QED) is 0.389. The third-order valence-corrected chi connectivity index (χ3v) is 6.52. The van der Waals surface area contributed by atoms with E-state index in [1.807, 2.05) is 32.0 Å². The van der Waals surface area contributed by atoms with Gasteiger partial charge in [-0.2, -0.15) is 0 Å². The van der Waals surface area contributed by atoms with Crippen LogP contribution < -0.4 is 18.9 Å². The SMILES string of the molecule is CCOC(CN1[C@H](C)c2c(cc(OC)c(OC)c2OC)[C@@H](OC)[C@@H]1c1cccc(OC)c1)OCC. The first kappa shape index (κ1) is 27.1. The smallest absolute Gasteiger partial charge is 0.203 e. The van der Waals surface area contributed by atoms with Crippen LogP contribution in [0.2, 0.25) is 0 Å². The lowest BCUT2D eigenvalue weighted by Crippen LogP contribution is -2.45. The molecule has 0 aliphatic carbocycles. The highest BCUT2D eigenvalue weighted by molar-refractivity contribution is 5.62. The van der Waals surface area contributed by atoms with Crippen LogP contribution in [0.4, 0.5) is 0 Å². The fraction of sp³-hybridized carbons (Fsp3) is 0.556. The zero-order valence-electron chi connectivity index (χ0n) is 22.1. The van der Waals surface area contributed by atoms with Crippen LogP contribution >= 0.6 is 0 Å². The van der Waals surface area contributed by atoms with Crippen LogP contribution in [-0.4, -0.2) is 66.5 Å². The van der Waals surface area contributed by atoms with E-state index in [2.05, 4.69) is 24.0 Å². The van der Waals surface area contributed by atoms with Crippen molar-refractivity contribution in [3.05, 3.63) is 47.0 Å². The van der Waals surface area contributed by atoms with Crippen molar-refractivity contribution in [1.29, 1.82) is 0 Å². The van der Waals surface area contributed by atoms with Crippen molar-refractivity contribution >= 4 is 0 Å². The summed E-state index contributed by atoms with van der Waals surface area (Å²) in [7, 11) is 8.28. The Morgan fingerprint density at radius 1 is 0.857 bits per heavy atom. The molecule has 194 valence electrons. The van der Waals surface area contributed by atoms with Crippen LogP contribution in [0.15, 0.2) is 30.3 Å². The van der Waals surface area contributed by atoms with Gasteiger partial charge in [-0.15, -0.1) is 0 Å². The molecule has 0 bridgehead atoms. The highest BCUT2D eigenvalue weighted by Crippen LogP contribution is 2.55. The predicted octanol–water partition coefficient (Wildman–Crippen LogP) is 4.93. The van der Waals surface area contributed by atoms with Gasteiger partial charge in [0.1, 0.15) is 11.9 Å². The Kier molecular flexibility index (Phi) is 9.63. The van der Waals surface area contributed by atoms with Crippen molar-refractivity contribution in [3.63, 3.8) is 0 Å². The predicted molar refractivity (Wildman–Crippen MR) is 134 cm³/mol. The summed E-state index contributed by atoms with van der Waals surface area (Å²) < 4.78 is 40.9. The molecule has 0 N–H and O–H groups in total. The maximum Gasteiger partial charge on any atom is 0.203 e. The number of rotatable bonds is 12. The lowest BCUT2D eigenvalue weighted by Gasteiger charge is -2.47. The average Bonchev–Trinajstić information content (AvgIpc) is 2.88. The number of hydrogen-bond donors (Lipinski definition) is 0. The second kappa shape index (κ2) is 12.4. The first-order chi connectivity index (χ1) is 17.0. The maximum absolute atomic E-state index is 6.19. The molecule has 1 heterocycles. The highest BCUT2D eigenvalue weighted by atomic mass is 16.7. The Morgan fingerprint density at radius 3 is 2.09 bits per heavy atom. The van der Waals surface area contributed by atoms with Crippen molar-refractivity contribution in [2.45, 2.75) is 45.2 Å². The minimum atomic E-state index is -0.397. The van der Waals surface area contributed by atoms with E-state index in [1.54, 1.807) is 35.5 Å². The maximum atomic E-state index is 6.19. The van der Waals surface area contributed by atoms with Crippen LogP contribution in [0.1, 0.15) is 55.6 Å². The molecule has 8 nitrogen and oxygen atoms in total. The molecule has 35 heavy (non-hydrogen) atoms. The molecule has 2 aromatic rings. The molecular weight excluding hydrogens is 450 g/mol. The van der Waals surface area contributed by atoms with E-state index in [0.717, 1.165) is 22.4 Å². The first-order valence-electron chi connectivity index (χ1n) is 12.0. The second-order valence-corrected chi connectivity index (χ2v) is 8.24. The van der Waals surface area contributed by atoms with E-state index in [1.165, 1.54) is 0 Å². The summed E-state index contributed by atoms with van der Waals surface area (Å²) in [5.41, 5.74) is 3.04. The molecule has 1 aliphatic heterocycles. The summed E-state index contributed by atoms with van der Waals surface area (Å²) in [4.78, 5) is 2.34. The van der Waals surface area contributed by atoms with Crippen LogP contribution in [0, 0.1) is 0 Å². The van der Waals surface area contributed by atoms with E-state index in [4.69, 9.17) is 33.2 Å². The van der Waals surface area contributed by atoms with Gasteiger partial charge in [-0.1, -0.05) is 12.1 Å². The van der Waals surface area contributed by atoms with Crippen molar-refractivity contribution in [2.75, 3.05) is 55.3 Å². The number of benzene rings is 2. The number of ether oxygens (including phenoxy) is 7. The zero-order chi connectivity index (χ0) is 25.5. The fourth-order valence-electron chi connectivity index (χ4n) is 5.03. The molecule has 0 spiro atoms. The standard InChI is InChI=1S/C27H39NO7/c1-9-34-22(35-10-2)16-28-17(3)23-20(15-21(30-5)26(32-7)27(23)33-8)25(31-6)24(28)18-12-11-13-19(14-18)29-4/h11-15,17,22,24-25H,9-10,16H2,1-8H3/t17-,24+,25-/m1/s1. The molecule has 2 aromatic carbocycles. The minimum Gasteiger partial charge on any atom is -0.497 e. The Morgan fingerprint density at radius 2 is 1.54 bits per heavy atom. The molecule has 0 unspecified atom stereocenters. The van der Waals surface area contributed by atoms with Gasteiger partial charge in [-0.25, -0.2) is 0 Å². The van der Waals surface area contributed by atoms with Gasteiger partial charge in [0.05, 0.1) is 41.0 Å². The van der Waals surface area contributed by atoms with Gasteiger partial charge >= 0.3 is 0 Å². The van der Waals surface area contributed by atoms with Crippen molar-refractivity contribution in [1.82, 2.24) is 4.90 Å². The molecule has 3 atom stereocenters. The van der Waals surface area contributed by atoms with Gasteiger partial charge in [0.2, 0.25) is 5.75 Å². The minimum absolute atomic E-state index is 0.0780. The summed E-state index contributed by atoms with van der Waals surface area (Å²) >= 11 is 0. The van der Waals surface area contributed by atoms with Gasteiger partial charge in [0.25, 0.3) is 0 Å². The molecule has 0 radical (unpaired) electrons. The van der Waals surface area contributed by atoms with E-state index in [-0.39, 0.29) is 18.2 Å². The number of nitrogens with zero attached hydrogens (tertiary/aromatic N) is 1. The van der Waals surface area contributed by atoms with Gasteiger partial charge in [-0.05, 0) is 50.1 Å². The molecular formula is C27H39NO7. The molecule has 0 amide bonds. The summed E-state index contributed by atoms with van der Waals surface area (Å²) in [5, 5.41) is 0. The second-order valence-electron chi connectivity index (χ2n) is 8.24. The molecule has 0 aromatic heterocycles. The Bertz CT molecular complexity index is 961. The summed E-state index contributed by atoms with van der Waals surface area (Å²) in [5.74, 6) is 2.57. The van der Waals surface area contributed by atoms with Crippen molar-refractivity contribution in [2.24, 2.45) is 0 Å². The highest BCUT2D eigenvalue weighted by Gasteiger charge is 2.44. The number of hydrogen-bond acceptors (Lipinski definition) is 8. The molecule has 0 saturated heterocycles. The van der Waals surface area contributed by atoms with Crippen LogP contribution in [0.5, 0.6) is 23.0 Å². The van der Waals surface area contributed by atoms with Gasteiger partial charge in [0.15, 0.2) is 17.8 Å². The van der Waals surface area contributed by atoms with Crippen LogP contribution in [-0.2, 0) is 14.2 Å². The van der Waals surface area contributed by atoms with E-state index < -0.39 is 6.29 Å². The first-order valence-corrected chi connectivity index (χ1v) is 12.0. The monoisotopic (exact) mass is 489 g/mol. The largest absolute Gasteiger partial charge is 0.497 e. The normalized spacial score (nSPS) is 20.0. The van der Waals surface area contributed by atoms with E-state index >= 15 is 0 Å². The third-order valence-electron chi connectivity index (χ3n) is 6.52. The number of methoxy groups -OCH3 is 5. The Hall–Kier alpha value is -2.52. The van der Waals surface area contributed by atoms with Crippen molar-refractivity contribution < 1.29 is 33.2 Å². The summed E-state index contributed by atoms with van der Waals surface area (Å²) in [6.07, 6.45) is -0.725. The molecule has 8 heteroatoms. The molecule has 1 aliphatic rings. The van der Waals surface area contributed by atoms with E-state index in [0.29, 0.717) is 37.0 Å². The molecule has 0 saturated carbocycles. The van der Waals surface area contributed by atoms with E-state index in [9.17, 15) is 0 Å². The fourth-order valence-corrected chi connectivity index (χ4v) is 5.03. The molecule has 3 rings (SSSR count). The lowest BCUT2D eigenvalue weighted by molar-refractivity contribution is -0.163. The average molecular weight is 490 g/mol. The van der Waals surface area contributed by atoms with Gasteiger partial charge in [0, 0.05) is 31.9 Å². The van der Waals surface area contributed by atoms with Crippen LogP contribution in [0.25, 0.3) is 0 Å². The summed E-state index contributed by atoms with van der Waals surface area (Å²) in [6, 6.07) is 9.85. The Labute approximate surface area is 209 Å². The van der Waals surface area contributed by atoms with Gasteiger partial charge < -0.3 is 33.2 Å². The Balaban J connectivity index is 2.26. The lowest BCUT2D eigenvalue weighted by atomic mass is 9.82. The summed E-state index contributed by atoms with van der Waals surface area (Å²) in [6.45, 7) is 7.73. The topological polar surface area (TPSA) is 67.9 Å². The third kappa shape index (κ3) is 5.35.